The predicted molar refractivity (Wildman–Crippen MR) is 89.0 cm³/mol. The Labute approximate surface area is 143 Å². The fraction of sp³-hybridized carbons (Fsp3) is 0.533. The fourth-order valence-electron chi connectivity index (χ4n) is 3.33. The molecule has 2 aromatic heterocycles. The SMILES string of the molecule is CCc1nc2c3c(cn([C@@H]4O[C@H](CO)[C@@H](O)[C@H]4O)c3n1)C(N)=NN2C. The molecule has 0 aliphatic carbocycles. The minimum absolute atomic E-state index is 0.304. The second-order valence-corrected chi connectivity index (χ2v) is 6.20. The summed E-state index contributed by atoms with van der Waals surface area (Å²) in [5, 5.41) is 36.3. The molecule has 0 bridgehead atoms. The number of amidine groups is 1. The van der Waals surface area contributed by atoms with Gasteiger partial charge in [-0.15, -0.1) is 0 Å². The van der Waals surface area contributed by atoms with Crippen LogP contribution in [0.15, 0.2) is 11.3 Å². The minimum Gasteiger partial charge on any atom is -0.394 e. The van der Waals surface area contributed by atoms with Crippen LogP contribution in [0.4, 0.5) is 5.82 Å². The van der Waals surface area contributed by atoms with Gasteiger partial charge in [-0.25, -0.2) is 15.0 Å². The van der Waals surface area contributed by atoms with Crippen LogP contribution in [0.2, 0.25) is 0 Å². The van der Waals surface area contributed by atoms with Gasteiger partial charge >= 0.3 is 0 Å². The molecule has 2 aliphatic rings. The van der Waals surface area contributed by atoms with Crippen molar-refractivity contribution >= 4 is 22.7 Å². The van der Waals surface area contributed by atoms with Crippen molar-refractivity contribution in [2.45, 2.75) is 37.9 Å². The standard InChI is InChI=1S/C15H20N6O4/c1-3-8-17-13-9-6(12(16)19-20(13)2)4-21(14(9)18-8)15-11(24)10(23)7(5-22)25-15/h4,7,10-11,15,22-24H,3,5H2,1-2H3,(H2,16,19)/t7-,10-,11-,15-/m1/s1. The lowest BCUT2D eigenvalue weighted by molar-refractivity contribution is -0.0508. The van der Waals surface area contributed by atoms with Crippen molar-refractivity contribution in [1.29, 1.82) is 0 Å². The molecule has 134 valence electrons. The number of anilines is 1. The summed E-state index contributed by atoms with van der Waals surface area (Å²) in [5.41, 5.74) is 7.22. The second-order valence-electron chi connectivity index (χ2n) is 6.20. The molecule has 10 nitrogen and oxygen atoms in total. The van der Waals surface area contributed by atoms with Crippen LogP contribution in [0.5, 0.6) is 0 Å². The highest BCUT2D eigenvalue weighted by Crippen LogP contribution is 2.37. The zero-order valence-electron chi connectivity index (χ0n) is 13.9. The zero-order valence-corrected chi connectivity index (χ0v) is 13.9. The van der Waals surface area contributed by atoms with E-state index in [9.17, 15) is 15.3 Å². The number of aromatic nitrogens is 3. The molecule has 2 aromatic rings. The molecule has 25 heavy (non-hydrogen) atoms. The number of aliphatic hydroxyl groups is 3. The first-order chi connectivity index (χ1) is 12.0. The molecule has 1 saturated heterocycles. The van der Waals surface area contributed by atoms with Crippen LogP contribution < -0.4 is 10.7 Å². The third kappa shape index (κ3) is 2.22. The van der Waals surface area contributed by atoms with E-state index in [1.54, 1.807) is 22.8 Å². The number of ether oxygens (including phenoxy) is 1. The van der Waals surface area contributed by atoms with E-state index in [1.807, 2.05) is 6.92 Å². The highest BCUT2D eigenvalue weighted by Gasteiger charge is 2.44. The van der Waals surface area contributed by atoms with Crippen molar-refractivity contribution in [1.82, 2.24) is 14.5 Å². The number of nitrogens with two attached hydrogens (primary N) is 1. The molecule has 4 atom stereocenters. The molecule has 0 saturated carbocycles. The van der Waals surface area contributed by atoms with Gasteiger partial charge in [-0.3, -0.25) is 0 Å². The van der Waals surface area contributed by atoms with Gasteiger partial charge < -0.3 is 30.4 Å². The maximum atomic E-state index is 10.4. The van der Waals surface area contributed by atoms with Crippen LogP contribution in [0, 0.1) is 0 Å². The van der Waals surface area contributed by atoms with Crippen molar-refractivity contribution in [3.05, 3.63) is 17.6 Å². The molecule has 0 aromatic carbocycles. The summed E-state index contributed by atoms with van der Waals surface area (Å²) in [7, 11) is 1.75. The monoisotopic (exact) mass is 348 g/mol. The number of hydrazone groups is 1. The van der Waals surface area contributed by atoms with Crippen LogP contribution in [0.1, 0.15) is 24.5 Å². The maximum absolute atomic E-state index is 10.4. The molecule has 0 unspecified atom stereocenters. The Morgan fingerprint density at radius 2 is 2.04 bits per heavy atom. The summed E-state index contributed by atoms with van der Waals surface area (Å²) in [5.74, 6) is 1.54. The lowest BCUT2D eigenvalue weighted by atomic mass is 10.1. The van der Waals surface area contributed by atoms with Crippen molar-refractivity contribution in [2.24, 2.45) is 10.8 Å². The largest absolute Gasteiger partial charge is 0.394 e. The van der Waals surface area contributed by atoms with Crippen LogP contribution in [-0.4, -0.2) is 67.7 Å². The highest BCUT2D eigenvalue weighted by atomic mass is 16.6. The number of hydrogen-bond donors (Lipinski definition) is 4. The summed E-state index contributed by atoms with van der Waals surface area (Å²) in [6, 6.07) is 0. The third-order valence-electron chi connectivity index (χ3n) is 4.65. The molecular weight excluding hydrogens is 328 g/mol. The number of hydrogen-bond acceptors (Lipinski definition) is 9. The van der Waals surface area contributed by atoms with Crippen molar-refractivity contribution in [2.75, 3.05) is 18.7 Å². The van der Waals surface area contributed by atoms with Gasteiger partial charge in [0, 0.05) is 25.2 Å². The second kappa shape index (κ2) is 5.63. The van der Waals surface area contributed by atoms with Gasteiger partial charge in [0.15, 0.2) is 17.9 Å². The summed E-state index contributed by atoms with van der Waals surface area (Å²) in [6.45, 7) is 1.54. The van der Waals surface area contributed by atoms with Crippen molar-refractivity contribution < 1.29 is 20.1 Å². The van der Waals surface area contributed by atoms with Gasteiger partial charge in [0.25, 0.3) is 0 Å². The first kappa shape index (κ1) is 16.2. The van der Waals surface area contributed by atoms with Crippen LogP contribution in [-0.2, 0) is 11.2 Å². The van der Waals surface area contributed by atoms with E-state index in [4.69, 9.17) is 10.5 Å². The molecule has 10 heteroatoms. The van der Waals surface area contributed by atoms with E-state index >= 15 is 0 Å². The molecule has 4 heterocycles. The van der Waals surface area contributed by atoms with Gasteiger partial charge in [0.05, 0.1) is 12.0 Å². The maximum Gasteiger partial charge on any atom is 0.164 e. The van der Waals surface area contributed by atoms with Crippen LogP contribution in [0.3, 0.4) is 0 Å². The Hall–Kier alpha value is -2.27. The third-order valence-corrected chi connectivity index (χ3v) is 4.65. The molecule has 1 fully saturated rings. The molecule has 0 amide bonds. The summed E-state index contributed by atoms with van der Waals surface area (Å²) >= 11 is 0. The van der Waals surface area contributed by atoms with E-state index in [2.05, 4.69) is 15.1 Å². The van der Waals surface area contributed by atoms with Crippen LogP contribution >= 0.6 is 0 Å². The van der Waals surface area contributed by atoms with Gasteiger partial charge in [-0.1, -0.05) is 6.92 Å². The zero-order chi connectivity index (χ0) is 17.9. The van der Waals surface area contributed by atoms with Gasteiger partial charge in [-0.05, 0) is 0 Å². The number of aliphatic hydroxyl groups excluding tert-OH is 3. The predicted octanol–water partition coefficient (Wildman–Crippen LogP) is -1.32. The summed E-state index contributed by atoms with van der Waals surface area (Å²) in [6.07, 6.45) is -1.86. The average molecular weight is 348 g/mol. The molecule has 0 radical (unpaired) electrons. The van der Waals surface area contributed by atoms with Gasteiger partial charge in [0.2, 0.25) is 0 Å². The number of nitrogens with zero attached hydrogens (tertiary/aromatic N) is 5. The summed E-state index contributed by atoms with van der Waals surface area (Å²) < 4.78 is 7.27. The van der Waals surface area contributed by atoms with Crippen LogP contribution in [0.25, 0.3) is 11.0 Å². The first-order valence-electron chi connectivity index (χ1n) is 8.08. The molecular formula is C15H20N6O4. The summed E-state index contributed by atoms with van der Waals surface area (Å²) in [4.78, 5) is 9.08. The van der Waals surface area contributed by atoms with Gasteiger partial charge in [0.1, 0.15) is 29.8 Å². The van der Waals surface area contributed by atoms with Gasteiger partial charge in [-0.2, -0.15) is 5.10 Å². The molecule has 5 N–H and O–H groups in total. The van der Waals surface area contributed by atoms with E-state index in [0.29, 0.717) is 40.5 Å². The number of rotatable bonds is 3. The quantitative estimate of drug-likeness (QED) is 0.535. The topological polar surface area (TPSA) is 142 Å². The Kier molecular flexibility index (Phi) is 3.65. The van der Waals surface area contributed by atoms with E-state index in [0.717, 1.165) is 0 Å². The molecule has 2 aliphatic heterocycles. The van der Waals surface area contributed by atoms with Crippen molar-refractivity contribution in [3.8, 4) is 0 Å². The van der Waals surface area contributed by atoms with E-state index < -0.39 is 31.1 Å². The first-order valence-corrected chi connectivity index (χ1v) is 8.08. The number of aryl methyl sites for hydroxylation is 1. The molecule has 4 rings (SSSR count). The van der Waals surface area contributed by atoms with E-state index in [1.165, 1.54) is 0 Å². The fourth-order valence-corrected chi connectivity index (χ4v) is 3.33. The normalized spacial score (nSPS) is 28.7. The Morgan fingerprint density at radius 1 is 1.28 bits per heavy atom. The van der Waals surface area contributed by atoms with E-state index in [-0.39, 0.29) is 0 Å². The van der Waals surface area contributed by atoms with Crippen molar-refractivity contribution in [3.63, 3.8) is 0 Å². The highest BCUT2D eigenvalue weighted by molar-refractivity contribution is 6.14. The average Bonchev–Trinajstić information content (AvgIpc) is 3.12. The lowest BCUT2D eigenvalue weighted by Gasteiger charge is -2.20. The Morgan fingerprint density at radius 3 is 2.68 bits per heavy atom. The smallest absolute Gasteiger partial charge is 0.164 e. The Bertz CT molecular complexity index is 865. The molecule has 0 spiro atoms. The Balaban J connectivity index is 1.93. The minimum atomic E-state index is -1.21. The lowest BCUT2D eigenvalue weighted by Crippen LogP contribution is -2.33.